The molecule has 53 heavy (non-hydrogen) atoms. The van der Waals surface area contributed by atoms with Gasteiger partial charge in [0, 0.05) is 5.41 Å². The Labute approximate surface area is 326 Å². The molecule has 0 fully saturated rings. The van der Waals surface area contributed by atoms with Gasteiger partial charge in [0.1, 0.15) is 5.41 Å². The Bertz CT molecular complexity index is 2560. The minimum atomic E-state index is -0.826. The third-order valence-electron chi connectivity index (χ3n) is 11.2. The SMILES string of the molecule is CC(C)(C)c1c[c-]c2c(ccc3ccc(C4(c5ccc6ccc7nc(C(C)(C)C)c[c-]c7c6n5)c5ccccc5C(C)(C)c5ccccc54)nc32)n1.[Pt+2]. The van der Waals surface area contributed by atoms with Crippen LogP contribution in [0.1, 0.15) is 100 Å². The second-order valence-electron chi connectivity index (χ2n) is 17.0. The molecule has 0 saturated carbocycles. The normalized spacial score (nSPS) is 14.9. The maximum absolute atomic E-state index is 5.66. The first-order valence-electron chi connectivity index (χ1n) is 18.2. The molecule has 0 saturated heterocycles. The van der Waals surface area contributed by atoms with Crippen molar-refractivity contribution in [3.8, 4) is 0 Å². The van der Waals surface area contributed by atoms with Gasteiger partial charge in [-0.05, 0) is 89.4 Å². The first-order valence-corrected chi connectivity index (χ1v) is 18.2. The summed E-state index contributed by atoms with van der Waals surface area (Å²) >= 11 is 0. The molecule has 264 valence electrons. The van der Waals surface area contributed by atoms with Crippen molar-refractivity contribution in [2.24, 2.45) is 0 Å². The van der Waals surface area contributed by atoms with Crippen molar-refractivity contribution >= 4 is 43.6 Å². The maximum Gasteiger partial charge on any atom is 2.00 e. The molecule has 0 unspecified atom stereocenters. The molecule has 0 atom stereocenters. The molecule has 4 aromatic heterocycles. The summed E-state index contributed by atoms with van der Waals surface area (Å²) in [6.45, 7) is 17.8. The van der Waals surface area contributed by atoms with E-state index in [9.17, 15) is 0 Å². The van der Waals surface area contributed by atoms with Crippen LogP contribution in [0.2, 0.25) is 0 Å². The fraction of sp³-hybridized carbons (Fsp3) is 0.250. The average Bonchev–Trinajstić information content (AvgIpc) is 3.14. The van der Waals surface area contributed by atoms with E-state index in [0.29, 0.717) is 0 Å². The van der Waals surface area contributed by atoms with Crippen LogP contribution in [0.4, 0.5) is 0 Å². The van der Waals surface area contributed by atoms with Crippen molar-refractivity contribution in [1.82, 2.24) is 19.9 Å². The van der Waals surface area contributed by atoms with Gasteiger partial charge in [-0.25, -0.2) is 0 Å². The standard InChI is InChI=1S/C48H42N4.Pt/c1-45(2,3)39-27-21-31-37(49-39)23-17-29-19-25-41(51-43(29)31)48(35-15-11-9-13-33(35)47(7,8)34-14-10-12-16-36(34)48)42-26-20-30-18-24-38-32(44(30)52-42)22-28-40(50-38)46(4,5)6;/h9-20,23-28H,1-8H3;/q-2;+2. The van der Waals surface area contributed by atoms with Crippen LogP contribution in [0.15, 0.2) is 109 Å². The summed E-state index contributed by atoms with van der Waals surface area (Å²) in [5.41, 5.74) is 11.1. The van der Waals surface area contributed by atoms with Crippen LogP contribution in [0.3, 0.4) is 0 Å². The number of fused-ring (bicyclic) bond motifs is 8. The van der Waals surface area contributed by atoms with Crippen molar-refractivity contribution in [2.75, 3.05) is 0 Å². The van der Waals surface area contributed by atoms with Gasteiger partial charge in [-0.3, -0.25) is 9.97 Å². The smallest absolute Gasteiger partial charge is 0.348 e. The molecule has 8 aromatic rings. The molecule has 4 nitrogen and oxygen atoms in total. The number of pyridine rings is 4. The minimum Gasteiger partial charge on any atom is -0.348 e. The number of aromatic nitrogens is 4. The van der Waals surface area contributed by atoms with Gasteiger partial charge in [0.05, 0.1) is 11.4 Å². The summed E-state index contributed by atoms with van der Waals surface area (Å²) in [6, 6.07) is 46.3. The second kappa shape index (κ2) is 12.1. The average molecular weight is 870 g/mol. The van der Waals surface area contributed by atoms with Gasteiger partial charge in [0.2, 0.25) is 0 Å². The van der Waals surface area contributed by atoms with E-state index in [1.165, 1.54) is 22.3 Å². The van der Waals surface area contributed by atoms with E-state index in [2.05, 4.69) is 165 Å². The maximum atomic E-state index is 5.66. The van der Waals surface area contributed by atoms with Crippen molar-refractivity contribution in [2.45, 2.75) is 77.0 Å². The quantitative estimate of drug-likeness (QED) is 0.128. The Morgan fingerprint density at radius 3 is 1.25 bits per heavy atom. The van der Waals surface area contributed by atoms with E-state index in [1.807, 2.05) is 12.1 Å². The first kappa shape index (κ1) is 35.2. The molecule has 0 N–H and O–H groups in total. The van der Waals surface area contributed by atoms with Crippen molar-refractivity contribution in [3.05, 3.63) is 166 Å². The molecular formula is C48H42N4Pt. The topological polar surface area (TPSA) is 51.6 Å². The fourth-order valence-electron chi connectivity index (χ4n) is 8.30. The molecule has 1 aliphatic carbocycles. The van der Waals surface area contributed by atoms with E-state index >= 15 is 0 Å². The summed E-state index contributed by atoms with van der Waals surface area (Å²) in [5, 5.41) is 3.96. The zero-order valence-electron chi connectivity index (χ0n) is 31.5. The van der Waals surface area contributed by atoms with Gasteiger partial charge in [-0.2, -0.15) is 0 Å². The van der Waals surface area contributed by atoms with Crippen molar-refractivity contribution in [3.63, 3.8) is 0 Å². The third kappa shape index (κ3) is 5.28. The monoisotopic (exact) mass is 869 g/mol. The van der Waals surface area contributed by atoms with Crippen LogP contribution in [0.5, 0.6) is 0 Å². The molecule has 4 aromatic carbocycles. The van der Waals surface area contributed by atoms with Crippen LogP contribution in [0.25, 0.3) is 43.6 Å². The van der Waals surface area contributed by atoms with Gasteiger partial charge in [-0.15, -0.1) is 24.3 Å². The van der Waals surface area contributed by atoms with E-state index in [1.54, 1.807) is 0 Å². The fourth-order valence-corrected chi connectivity index (χ4v) is 8.30. The molecule has 9 rings (SSSR count). The Hall–Kier alpha value is -4.79. The molecular weight excluding hydrogens is 828 g/mol. The van der Waals surface area contributed by atoms with E-state index < -0.39 is 5.41 Å². The second-order valence-corrected chi connectivity index (χ2v) is 17.0. The van der Waals surface area contributed by atoms with Gasteiger partial charge >= 0.3 is 21.1 Å². The predicted molar refractivity (Wildman–Crippen MR) is 213 cm³/mol. The Morgan fingerprint density at radius 1 is 0.472 bits per heavy atom. The Balaban J connectivity index is 0.00000400. The molecule has 0 bridgehead atoms. The molecule has 0 amide bonds. The number of hydrogen-bond donors (Lipinski definition) is 0. The summed E-state index contributed by atoms with van der Waals surface area (Å²) in [4.78, 5) is 21.5. The number of hydrogen-bond acceptors (Lipinski definition) is 4. The van der Waals surface area contributed by atoms with Crippen LogP contribution in [0, 0.1) is 12.1 Å². The van der Waals surface area contributed by atoms with Gasteiger partial charge in [0.25, 0.3) is 0 Å². The molecule has 1 aliphatic rings. The number of rotatable bonds is 2. The molecule has 0 spiro atoms. The number of benzene rings is 4. The Morgan fingerprint density at radius 2 is 0.849 bits per heavy atom. The zero-order valence-corrected chi connectivity index (χ0v) is 33.8. The summed E-state index contributed by atoms with van der Waals surface area (Å²) < 4.78 is 0. The van der Waals surface area contributed by atoms with Crippen LogP contribution in [-0.2, 0) is 42.7 Å². The van der Waals surface area contributed by atoms with Gasteiger partial charge in [0.15, 0.2) is 0 Å². The van der Waals surface area contributed by atoms with Crippen LogP contribution in [-0.4, -0.2) is 19.9 Å². The molecule has 0 aliphatic heterocycles. The van der Waals surface area contributed by atoms with Crippen LogP contribution >= 0.6 is 0 Å². The van der Waals surface area contributed by atoms with Crippen molar-refractivity contribution < 1.29 is 21.1 Å². The predicted octanol–water partition coefficient (Wildman–Crippen LogP) is 11.1. The van der Waals surface area contributed by atoms with E-state index in [-0.39, 0.29) is 37.3 Å². The largest absolute Gasteiger partial charge is 2.00 e. The number of nitrogens with zero attached hydrogens (tertiary/aromatic N) is 4. The van der Waals surface area contributed by atoms with Gasteiger partial charge < -0.3 is 9.97 Å². The van der Waals surface area contributed by atoms with E-state index in [0.717, 1.165) is 66.4 Å². The zero-order chi connectivity index (χ0) is 36.2. The van der Waals surface area contributed by atoms with Gasteiger partial charge in [-0.1, -0.05) is 151 Å². The summed E-state index contributed by atoms with van der Waals surface area (Å²) in [7, 11) is 0. The first-order chi connectivity index (χ1) is 24.8. The molecule has 5 heteroatoms. The minimum absolute atomic E-state index is 0. The summed E-state index contributed by atoms with van der Waals surface area (Å²) in [6.07, 6.45) is 0. The molecule has 4 heterocycles. The van der Waals surface area contributed by atoms with Crippen LogP contribution < -0.4 is 0 Å². The van der Waals surface area contributed by atoms with E-state index in [4.69, 9.17) is 19.9 Å². The third-order valence-corrected chi connectivity index (χ3v) is 11.2. The molecule has 0 radical (unpaired) electrons. The Kier molecular flexibility index (Phi) is 8.06. The van der Waals surface area contributed by atoms with Crippen molar-refractivity contribution in [1.29, 1.82) is 0 Å². The summed E-state index contributed by atoms with van der Waals surface area (Å²) in [5.74, 6) is 0.